The highest BCUT2D eigenvalue weighted by Crippen LogP contribution is 2.44. The van der Waals surface area contributed by atoms with Crippen molar-refractivity contribution >= 4 is 0 Å². The average molecular weight is 232 g/mol. The Morgan fingerprint density at radius 2 is 2.12 bits per heavy atom. The average Bonchev–Trinajstić information content (AvgIpc) is 3.08. The Kier molecular flexibility index (Phi) is 4.47. The smallest absolute Gasteiger partial charge is 0.119 e. The van der Waals surface area contributed by atoms with Crippen LogP contribution < -0.4 is 4.74 Å². The van der Waals surface area contributed by atoms with E-state index in [1.807, 2.05) is 6.07 Å². The van der Waals surface area contributed by atoms with Gasteiger partial charge in [0, 0.05) is 0 Å². The molecule has 0 N–H and O–H groups in total. The number of benzene rings is 1. The Labute approximate surface area is 105 Å². The number of hydrogen-bond acceptors (Lipinski definition) is 1. The highest BCUT2D eigenvalue weighted by atomic mass is 16.5. The van der Waals surface area contributed by atoms with E-state index in [-0.39, 0.29) is 0 Å². The van der Waals surface area contributed by atoms with E-state index in [9.17, 15) is 0 Å². The van der Waals surface area contributed by atoms with E-state index in [1.165, 1.54) is 44.1 Å². The molecule has 17 heavy (non-hydrogen) atoms. The summed E-state index contributed by atoms with van der Waals surface area (Å²) in [4.78, 5) is 0. The van der Waals surface area contributed by atoms with E-state index in [2.05, 4.69) is 25.1 Å². The van der Waals surface area contributed by atoms with Crippen molar-refractivity contribution in [3.63, 3.8) is 0 Å². The van der Waals surface area contributed by atoms with E-state index >= 15 is 0 Å². The van der Waals surface area contributed by atoms with E-state index < -0.39 is 0 Å². The first kappa shape index (κ1) is 12.5. The van der Waals surface area contributed by atoms with Gasteiger partial charge >= 0.3 is 0 Å². The number of ether oxygens (including phenoxy) is 1. The lowest BCUT2D eigenvalue weighted by molar-refractivity contribution is 0.414. The second-order valence-corrected chi connectivity index (χ2v) is 5.31. The van der Waals surface area contributed by atoms with Crippen LogP contribution in [0.4, 0.5) is 0 Å². The predicted octanol–water partition coefficient (Wildman–Crippen LogP) is 4.45. The lowest BCUT2D eigenvalue weighted by Crippen LogP contribution is -1.92. The van der Waals surface area contributed by atoms with Gasteiger partial charge in [0.1, 0.15) is 5.75 Å². The molecule has 1 nitrogen and oxygen atoms in total. The summed E-state index contributed by atoms with van der Waals surface area (Å²) in [5.74, 6) is 2.94. The van der Waals surface area contributed by atoms with E-state index in [4.69, 9.17) is 4.74 Å². The van der Waals surface area contributed by atoms with Gasteiger partial charge in [-0.3, -0.25) is 0 Å². The molecule has 1 aliphatic rings. The van der Waals surface area contributed by atoms with Crippen molar-refractivity contribution in [2.24, 2.45) is 11.8 Å². The molecular formula is C16H24O. The molecule has 0 unspecified atom stereocenters. The van der Waals surface area contributed by atoms with E-state index in [1.54, 1.807) is 7.11 Å². The third-order valence-electron chi connectivity index (χ3n) is 3.88. The van der Waals surface area contributed by atoms with Gasteiger partial charge in [-0.1, -0.05) is 44.7 Å². The van der Waals surface area contributed by atoms with Crippen LogP contribution in [-0.2, 0) is 6.42 Å². The Balaban J connectivity index is 1.75. The molecule has 0 aliphatic heterocycles. The van der Waals surface area contributed by atoms with Crippen molar-refractivity contribution < 1.29 is 4.74 Å². The van der Waals surface area contributed by atoms with Gasteiger partial charge in [-0.2, -0.15) is 0 Å². The Morgan fingerprint density at radius 1 is 1.24 bits per heavy atom. The number of rotatable bonds is 7. The number of methoxy groups -OCH3 is 1. The van der Waals surface area contributed by atoms with Crippen LogP contribution in [0.3, 0.4) is 0 Å². The molecule has 0 heterocycles. The first-order valence-corrected chi connectivity index (χ1v) is 6.96. The van der Waals surface area contributed by atoms with E-state index in [0.29, 0.717) is 0 Å². The third kappa shape index (κ3) is 3.76. The fraction of sp³-hybridized carbons (Fsp3) is 0.625. The quantitative estimate of drug-likeness (QED) is 0.631. The summed E-state index contributed by atoms with van der Waals surface area (Å²) < 4.78 is 5.26. The molecule has 0 spiro atoms. The standard InChI is InChI=1S/C16H24O/c1-3-4-5-8-14-12-15(14)10-13-7-6-9-16(11-13)17-2/h6-7,9,11,14-15H,3-5,8,10,12H2,1-2H3/t14-,15-/m0/s1. The van der Waals surface area contributed by atoms with Crippen LogP contribution in [0, 0.1) is 11.8 Å². The zero-order valence-electron chi connectivity index (χ0n) is 11.1. The summed E-state index contributed by atoms with van der Waals surface area (Å²) in [7, 11) is 1.74. The van der Waals surface area contributed by atoms with Gasteiger partial charge in [-0.25, -0.2) is 0 Å². The lowest BCUT2D eigenvalue weighted by Gasteiger charge is -2.04. The summed E-state index contributed by atoms with van der Waals surface area (Å²) in [5.41, 5.74) is 1.44. The van der Waals surface area contributed by atoms with Gasteiger partial charge < -0.3 is 4.74 Å². The van der Waals surface area contributed by atoms with E-state index in [0.717, 1.165) is 17.6 Å². The minimum Gasteiger partial charge on any atom is -0.497 e. The highest BCUT2D eigenvalue weighted by Gasteiger charge is 2.35. The maximum absolute atomic E-state index is 5.26. The number of hydrogen-bond donors (Lipinski definition) is 0. The fourth-order valence-electron chi connectivity index (χ4n) is 2.67. The maximum Gasteiger partial charge on any atom is 0.119 e. The Hall–Kier alpha value is -0.980. The molecule has 1 aromatic carbocycles. The molecule has 1 heteroatoms. The van der Waals surface area contributed by atoms with Crippen LogP contribution >= 0.6 is 0 Å². The van der Waals surface area contributed by atoms with Crippen molar-refractivity contribution in [2.45, 2.75) is 45.4 Å². The topological polar surface area (TPSA) is 9.23 Å². The lowest BCUT2D eigenvalue weighted by atomic mass is 10.0. The summed E-state index contributed by atoms with van der Waals surface area (Å²) in [5, 5.41) is 0. The second-order valence-electron chi connectivity index (χ2n) is 5.31. The van der Waals surface area contributed by atoms with Crippen molar-refractivity contribution in [3.05, 3.63) is 29.8 Å². The summed E-state index contributed by atoms with van der Waals surface area (Å²) in [6, 6.07) is 8.53. The molecule has 0 bridgehead atoms. The zero-order chi connectivity index (χ0) is 12.1. The first-order chi connectivity index (χ1) is 8.33. The highest BCUT2D eigenvalue weighted by molar-refractivity contribution is 5.29. The molecular weight excluding hydrogens is 208 g/mol. The van der Waals surface area contributed by atoms with Gasteiger partial charge in [-0.15, -0.1) is 0 Å². The van der Waals surface area contributed by atoms with Crippen LogP contribution in [0.1, 0.15) is 44.6 Å². The fourth-order valence-corrected chi connectivity index (χ4v) is 2.67. The maximum atomic E-state index is 5.26. The Morgan fingerprint density at radius 3 is 2.88 bits per heavy atom. The normalized spacial score (nSPS) is 22.5. The van der Waals surface area contributed by atoms with Crippen molar-refractivity contribution in [3.8, 4) is 5.75 Å². The molecule has 1 aliphatic carbocycles. The Bertz CT molecular complexity index is 345. The zero-order valence-corrected chi connectivity index (χ0v) is 11.1. The molecule has 0 amide bonds. The molecule has 2 atom stereocenters. The van der Waals surface area contributed by atoms with Gasteiger partial charge in [0.15, 0.2) is 0 Å². The molecule has 1 saturated carbocycles. The molecule has 2 rings (SSSR count). The minimum atomic E-state index is 0.943. The second kappa shape index (κ2) is 6.09. The SMILES string of the molecule is CCCCC[C@H]1C[C@@H]1Cc1cccc(OC)c1. The first-order valence-electron chi connectivity index (χ1n) is 6.96. The molecule has 1 aromatic rings. The summed E-state index contributed by atoms with van der Waals surface area (Å²) >= 11 is 0. The van der Waals surface area contributed by atoms with Crippen molar-refractivity contribution in [1.82, 2.24) is 0 Å². The predicted molar refractivity (Wildman–Crippen MR) is 72.4 cm³/mol. The number of unbranched alkanes of at least 4 members (excludes halogenated alkanes) is 2. The minimum absolute atomic E-state index is 0.943. The van der Waals surface area contributed by atoms with Gasteiger partial charge in [0.05, 0.1) is 7.11 Å². The van der Waals surface area contributed by atoms with Crippen LogP contribution in [0.25, 0.3) is 0 Å². The largest absolute Gasteiger partial charge is 0.497 e. The molecule has 0 radical (unpaired) electrons. The summed E-state index contributed by atoms with van der Waals surface area (Å²) in [6.45, 7) is 2.28. The van der Waals surface area contributed by atoms with Crippen LogP contribution in [0.2, 0.25) is 0 Å². The van der Waals surface area contributed by atoms with Gasteiger partial charge in [0.2, 0.25) is 0 Å². The molecule has 94 valence electrons. The monoisotopic (exact) mass is 232 g/mol. The van der Waals surface area contributed by atoms with Crippen LogP contribution in [0.15, 0.2) is 24.3 Å². The van der Waals surface area contributed by atoms with Crippen molar-refractivity contribution in [1.29, 1.82) is 0 Å². The van der Waals surface area contributed by atoms with Gasteiger partial charge in [-0.05, 0) is 42.4 Å². The van der Waals surface area contributed by atoms with Gasteiger partial charge in [0.25, 0.3) is 0 Å². The van der Waals surface area contributed by atoms with Crippen molar-refractivity contribution in [2.75, 3.05) is 7.11 Å². The molecule has 0 saturated heterocycles. The van der Waals surface area contributed by atoms with Crippen LogP contribution in [0.5, 0.6) is 5.75 Å². The third-order valence-corrected chi connectivity index (χ3v) is 3.88. The van der Waals surface area contributed by atoms with Crippen LogP contribution in [-0.4, -0.2) is 7.11 Å². The molecule has 1 fully saturated rings. The summed E-state index contributed by atoms with van der Waals surface area (Å²) in [6.07, 6.45) is 8.31. The molecule has 0 aromatic heterocycles.